The number of nitrogens with zero attached hydrogens (tertiary/aromatic N) is 3. The average molecular weight is 473 g/mol. The molecule has 3 aromatic rings. The number of aromatic nitrogens is 2. The maximum absolute atomic E-state index is 13.2. The van der Waals surface area contributed by atoms with Crippen molar-refractivity contribution in [2.45, 2.75) is 25.2 Å². The zero-order chi connectivity index (χ0) is 22.9. The fraction of sp³-hybridized carbons (Fsp3) is 0.304. The molecule has 0 radical (unpaired) electrons. The van der Waals surface area contributed by atoms with E-state index in [0.717, 1.165) is 22.2 Å². The van der Waals surface area contributed by atoms with Crippen LogP contribution >= 0.6 is 11.6 Å². The van der Waals surface area contributed by atoms with Crippen molar-refractivity contribution in [3.8, 4) is 0 Å². The summed E-state index contributed by atoms with van der Waals surface area (Å²) in [6.07, 6.45) is 6.40. The number of hydrogen-bond acceptors (Lipinski definition) is 4. The SMILES string of the molecule is CCN(CC)S(=O)(=O)c1ccc(Cl)c(C(=O)N2CC=C(c3c[nH]c4ncccc34)CC2)c1. The van der Waals surface area contributed by atoms with E-state index < -0.39 is 10.0 Å². The minimum Gasteiger partial charge on any atom is -0.346 e. The Bertz CT molecular complexity index is 1300. The standard InChI is InChI=1S/C23H25ClN4O3S/c1-3-28(4-2)32(30,31)17-7-8-21(24)19(14-17)23(29)27-12-9-16(10-13-27)20-15-26-22-18(20)6-5-11-25-22/h5-9,11,14-15H,3-4,10,12-13H2,1-2H3,(H,25,26). The molecule has 2 aromatic heterocycles. The van der Waals surface area contributed by atoms with E-state index in [1.807, 2.05) is 24.4 Å². The Morgan fingerprint density at radius 3 is 2.72 bits per heavy atom. The van der Waals surface area contributed by atoms with Crippen LogP contribution in [0, 0.1) is 0 Å². The highest BCUT2D eigenvalue weighted by Crippen LogP contribution is 2.30. The lowest BCUT2D eigenvalue weighted by Crippen LogP contribution is -2.35. The number of carbonyl (C=O) groups is 1. The van der Waals surface area contributed by atoms with Crippen LogP contribution in [0.5, 0.6) is 0 Å². The van der Waals surface area contributed by atoms with E-state index in [0.29, 0.717) is 32.6 Å². The summed E-state index contributed by atoms with van der Waals surface area (Å²) in [5, 5.41) is 1.29. The molecule has 1 N–H and O–H groups in total. The smallest absolute Gasteiger partial charge is 0.255 e. The minimum atomic E-state index is -3.68. The molecule has 0 aliphatic carbocycles. The van der Waals surface area contributed by atoms with Crippen molar-refractivity contribution < 1.29 is 13.2 Å². The molecule has 0 atom stereocenters. The Kier molecular flexibility index (Phi) is 6.37. The first kappa shape index (κ1) is 22.5. The van der Waals surface area contributed by atoms with E-state index in [9.17, 15) is 13.2 Å². The topological polar surface area (TPSA) is 86.4 Å². The van der Waals surface area contributed by atoms with Gasteiger partial charge in [-0.15, -0.1) is 0 Å². The molecule has 168 valence electrons. The summed E-state index contributed by atoms with van der Waals surface area (Å²) < 4.78 is 27.1. The molecule has 0 unspecified atom stereocenters. The number of pyridine rings is 1. The highest BCUT2D eigenvalue weighted by molar-refractivity contribution is 7.89. The van der Waals surface area contributed by atoms with Crippen LogP contribution in [0.25, 0.3) is 16.6 Å². The van der Waals surface area contributed by atoms with Crippen LogP contribution in [0.1, 0.15) is 36.2 Å². The van der Waals surface area contributed by atoms with Crippen LogP contribution in [0.2, 0.25) is 5.02 Å². The number of nitrogens with one attached hydrogen (secondary N) is 1. The molecule has 1 amide bonds. The molecule has 9 heteroatoms. The Morgan fingerprint density at radius 1 is 1.25 bits per heavy atom. The number of amides is 1. The third-order valence-corrected chi connectivity index (χ3v) is 8.18. The van der Waals surface area contributed by atoms with Gasteiger partial charge in [-0.3, -0.25) is 4.79 Å². The fourth-order valence-electron chi connectivity index (χ4n) is 4.03. The van der Waals surface area contributed by atoms with E-state index in [4.69, 9.17) is 11.6 Å². The zero-order valence-corrected chi connectivity index (χ0v) is 19.6. The van der Waals surface area contributed by atoms with Gasteiger partial charge in [0.25, 0.3) is 5.91 Å². The van der Waals surface area contributed by atoms with Crippen LogP contribution in [0.3, 0.4) is 0 Å². The molecule has 0 bridgehead atoms. The summed E-state index contributed by atoms with van der Waals surface area (Å²) >= 11 is 6.30. The summed E-state index contributed by atoms with van der Waals surface area (Å²) in [5.41, 5.74) is 3.27. The molecule has 0 saturated carbocycles. The number of halogens is 1. The van der Waals surface area contributed by atoms with Crippen molar-refractivity contribution in [1.29, 1.82) is 0 Å². The number of carbonyl (C=O) groups excluding carboxylic acids is 1. The Labute approximate surface area is 192 Å². The predicted molar refractivity (Wildman–Crippen MR) is 126 cm³/mol. The normalized spacial score (nSPS) is 14.8. The molecule has 7 nitrogen and oxygen atoms in total. The Morgan fingerprint density at radius 2 is 2.03 bits per heavy atom. The molecule has 0 saturated heterocycles. The maximum atomic E-state index is 13.2. The Balaban J connectivity index is 1.58. The molecule has 0 spiro atoms. The van der Waals surface area contributed by atoms with Crippen molar-refractivity contribution in [2.75, 3.05) is 26.2 Å². The molecule has 1 aliphatic heterocycles. The first-order chi connectivity index (χ1) is 15.4. The van der Waals surface area contributed by atoms with E-state index in [1.54, 1.807) is 24.9 Å². The lowest BCUT2D eigenvalue weighted by atomic mass is 9.99. The summed E-state index contributed by atoms with van der Waals surface area (Å²) in [5.74, 6) is -0.275. The molecule has 4 rings (SSSR count). The third-order valence-electron chi connectivity index (χ3n) is 5.80. The molecule has 1 aliphatic rings. The van der Waals surface area contributed by atoms with Gasteiger partial charge in [-0.05, 0) is 42.3 Å². The van der Waals surface area contributed by atoms with Gasteiger partial charge in [-0.25, -0.2) is 13.4 Å². The van der Waals surface area contributed by atoms with Crippen LogP contribution in [-0.4, -0.2) is 59.7 Å². The predicted octanol–water partition coefficient (Wildman–Crippen LogP) is 4.18. The van der Waals surface area contributed by atoms with Gasteiger partial charge in [-0.2, -0.15) is 4.31 Å². The van der Waals surface area contributed by atoms with Gasteiger partial charge in [0.2, 0.25) is 10.0 Å². The Hall–Kier alpha value is -2.68. The van der Waals surface area contributed by atoms with Crippen LogP contribution < -0.4 is 0 Å². The summed E-state index contributed by atoms with van der Waals surface area (Å²) in [4.78, 5) is 22.5. The highest BCUT2D eigenvalue weighted by atomic mass is 35.5. The number of hydrogen-bond donors (Lipinski definition) is 1. The van der Waals surface area contributed by atoms with Gasteiger partial charge in [0.05, 0.1) is 15.5 Å². The molecule has 3 heterocycles. The highest BCUT2D eigenvalue weighted by Gasteiger charge is 2.26. The number of fused-ring (bicyclic) bond motifs is 1. The van der Waals surface area contributed by atoms with Crippen LogP contribution in [0.4, 0.5) is 0 Å². The number of H-pyrrole nitrogens is 1. The molecular formula is C23H25ClN4O3S. The monoisotopic (exact) mass is 472 g/mol. The van der Waals surface area contributed by atoms with Crippen LogP contribution in [0.15, 0.2) is 53.7 Å². The zero-order valence-electron chi connectivity index (χ0n) is 18.0. The molecular weight excluding hydrogens is 448 g/mol. The second kappa shape index (κ2) is 9.05. The van der Waals surface area contributed by atoms with Gasteiger partial charge in [0, 0.05) is 49.5 Å². The minimum absolute atomic E-state index is 0.0773. The average Bonchev–Trinajstić information content (AvgIpc) is 3.24. The number of sulfonamides is 1. The molecule has 1 aromatic carbocycles. The second-order valence-electron chi connectivity index (χ2n) is 7.56. The summed E-state index contributed by atoms with van der Waals surface area (Å²) in [7, 11) is -3.68. The van der Waals surface area contributed by atoms with E-state index in [2.05, 4.69) is 9.97 Å². The summed E-state index contributed by atoms with van der Waals surface area (Å²) in [6.45, 7) is 5.21. The molecule has 0 fully saturated rings. The van der Waals surface area contributed by atoms with Crippen molar-refractivity contribution in [3.63, 3.8) is 0 Å². The van der Waals surface area contributed by atoms with Gasteiger partial charge in [0.15, 0.2) is 0 Å². The quantitative estimate of drug-likeness (QED) is 0.583. The number of rotatable bonds is 6. The maximum Gasteiger partial charge on any atom is 0.255 e. The van der Waals surface area contributed by atoms with E-state index in [1.165, 1.54) is 22.5 Å². The van der Waals surface area contributed by atoms with Crippen molar-refractivity contribution in [2.24, 2.45) is 0 Å². The number of aromatic amines is 1. The van der Waals surface area contributed by atoms with Gasteiger partial charge in [0.1, 0.15) is 5.65 Å². The first-order valence-electron chi connectivity index (χ1n) is 10.6. The largest absolute Gasteiger partial charge is 0.346 e. The molecule has 32 heavy (non-hydrogen) atoms. The number of benzene rings is 1. The fourth-order valence-corrected chi connectivity index (χ4v) is 5.71. The van der Waals surface area contributed by atoms with Gasteiger partial charge in [-0.1, -0.05) is 31.5 Å². The van der Waals surface area contributed by atoms with Crippen molar-refractivity contribution in [3.05, 3.63) is 65.0 Å². The van der Waals surface area contributed by atoms with Gasteiger partial charge < -0.3 is 9.88 Å². The summed E-state index contributed by atoms with van der Waals surface area (Å²) in [6, 6.07) is 8.25. The van der Waals surface area contributed by atoms with E-state index in [-0.39, 0.29) is 21.4 Å². The lowest BCUT2D eigenvalue weighted by molar-refractivity contribution is 0.0773. The third kappa shape index (κ3) is 4.05. The van der Waals surface area contributed by atoms with Crippen molar-refractivity contribution in [1.82, 2.24) is 19.2 Å². The lowest BCUT2D eigenvalue weighted by Gasteiger charge is -2.27. The van der Waals surface area contributed by atoms with Gasteiger partial charge >= 0.3 is 0 Å². The van der Waals surface area contributed by atoms with Crippen molar-refractivity contribution >= 4 is 44.1 Å². The van der Waals surface area contributed by atoms with Crippen LogP contribution in [-0.2, 0) is 10.0 Å². The van der Waals surface area contributed by atoms with E-state index >= 15 is 0 Å². The first-order valence-corrected chi connectivity index (χ1v) is 12.4. The second-order valence-corrected chi connectivity index (χ2v) is 9.91.